The Balaban J connectivity index is 1.28. The number of piperazine rings is 1. The SMILES string of the molecule is O=C(ON1C(=O)CCC1=O)N1CCN(Cc2ccc(N3CCCC3)cc2Cl)CC1. The fourth-order valence-electron chi connectivity index (χ4n) is 3.96. The van der Waals surface area contributed by atoms with Crippen LogP contribution in [0.5, 0.6) is 0 Å². The summed E-state index contributed by atoms with van der Waals surface area (Å²) in [5.41, 5.74) is 2.24. The second kappa shape index (κ2) is 8.59. The number of anilines is 1. The van der Waals surface area contributed by atoms with Gasteiger partial charge in [0.15, 0.2) is 0 Å². The Kier molecular flexibility index (Phi) is 5.91. The number of imide groups is 1. The Morgan fingerprint density at radius 1 is 0.966 bits per heavy atom. The highest BCUT2D eigenvalue weighted by molar-refractivity contribution is 6.31. The maximum Gasteiger partial charge on any atom is 0.434 e. The largest absolute Gasteiger partial charge is 0.434 e. The molecule has 3 fully saturated rings. The first-order valence-electron chi connectivity index (χ1n) is 10.1. The Bertz CT molecular complexity index is 788. The van der Waals surface area contributed by atoms with Gasteiger partial charge in [0.25, 0.3) is 11.8 Å². The molecule has 29 heavy (non-hydrogen) atoms. The summed E-state index contributed by atoms with van der Waals surface area (Å²) in [5, 5.41) is 1.36. The van der Waals surface area contributed by atoms with E-state index in [1.165, 1.54) is 23.4 Å². The van der Waals surface area contributed by atoms with Gasteiger partial charge in [-0.25, -0.2) is 4.79 Å². The summed E-state index contributed by atoms with van der Waals surface area (Å²) in [6.45, 7) is 5.16. The maximum atomic E-state index is 12.2. The zero-order valence-electron chi connectivity index (χ0n) is 16.3. The molecule has 0 saturated carbocycles. The van der Waals surface area contributed by atoms with E-state index in [-0.39, 0.29) is 12.8 Å². The summed E-state index contributed by atoms with van der Waals surface area (Å²) >= 11 is 6.52. The van der Waals surface area contributed by atoms with Gasteiger partial charge in [0.1, 0.15) is 0 Å². The molecule has 4 rings (SSSR count). The van der Waals surface area contributed by atoms with Crippen molar-refractivity contribution in [3.05, 3.63) is 28.8 Å². The van der Waals surface area contributed by atoms with Crippen LogP contribution in [0.25, 0.3) is 0 Å². The zero-order chi connectivity index (χ0) is 20.4. The predicted molar refractivity (Wildman–Crippen MR) is 107 cm³/mol. The number of carbonyl (C=O) groups excluding carboxylic acids is 3. The van der Waals surface area contributed by atoms with E-state index in [1.54, 1.807) is 0 Å². The number of rotatable bonds is 4. The van der Waals surface area contributed by atoms with E-state index in [1.807, 2.05) is 6.07 Å². The predicted octanol–water partition coefficient (Wildman–Crippen LogP) is 2.26. The van der Waals surface area contributed by atoms with Gasteiger partial charge >= 0.3 is 6.09 Å². The van der Waals surface area contributed by atoms with Crippen molar-refractivity contribution >= 4 is 35.2 Å². The number of hydroxylamine groups is 2. The van der Waals surface area contributed by atoms with Gasteiger partial charge in [-0.15, -0.1) is 5.06 Å². The van der Waals surface area contributed by atoms with Crippen LogP contribution in [0.3, 0.4) is 0 Å². The Morgan fingerprint density at radius 3 is 2.24 bits per heavy atom. The molecule has 0 radical (unpaired) electrons. The van der Waals surface area contributed by atoms with Crippen LogP contribution in [0, 0.1) is 0 Å². The number of carbonyl (C=O) groups is 3. The highest BCUT2D eigenvalue weighted by atomic mass is 35.5. The van der Waals surface area contributed by atoms with Crippen molar-refractivity contribution in [3.63, 3.8) is 0 Å². The van der Waals surface area contributed by atoms with E-state index in [4.69, 9.17) is 16.4 Å². The molecular weight excluding hydrogens is 396 g/mol. The molecular formula is C20H25ClN4O4. The van der Waals surface area contributed by atoms with Crippen molar-refractivity contribution in [1.29, 1.82) is 0 Å². The van der Waals surface area contributed by atoms with E-state index in [2.05, 4.69) is 21.9 Å². The van der Waals surface area contributed by atoms with Crippen molar-refractivity contribution in [1.82, 2.24) is 14.9 Å². The van der Waals surface area contributed by atoms with Crippen LogP contribution in [0.2, 0.25) is 5.02 Å². The fraction of sp³-hybridized carbons (Fsp3) is 0.550. The molecule has 9 heteroatoms. The lowest BCUT2D eigenvalue weighted by atomic mass is 10.1. The van der Waals surface area contributed by atoms with Crippen LogP contribution < -0.4 is 4.90 Å². The van der Waals surface area contributed by atoms with Crippen LogP contribution in [0.15, 0.2) is 18.2 Å². The number of halogens is 1. The average Bonchev–Trinajstić information content (AvgIpc) is 3.36. The van der Waals surface area contributed by atoms with Crippen LogP contribution in [0.1, 0.15) is 31.2 Å². The zero-order valence-corrected chi connectivity index (χ0v) is 17.1. The minimum absolute atomic E-state index is 0.0944. The molecule has 0 N–H and O–H groups in total. The van der Waals surface area contributed by atoms with Crippen LogP contribution in [-0.4, -0.2) is 72.0 Å². The molecule has 0 unspecified atom stereocenters. The van der Waals surface area contributed by atoms with Crippen LogP contribution >= 0.6 is 11.6 Å². The summed E-state index contributed by atoms with van der Waals surface area (Å²) in [5.74, 6) is -0.928. The first-order valence-corrected chi connectivity index (χ1v) is 10.5. The Labute approximate surface area is 174 Å². The van der Waals surface area contributed by atoms with Gasteiger partial charge in [0, 0.05) is 69.4 Å². The van der Waals surface area contributed by atoms with E-state index in [0.29, 0.717) is 37.8 Å². The number of benzene rings is 1. The molecule has 1 aromatic carbocycles. The maximum absolute atomic E-state index is 12.2. The van der Waals surface area contributed by atoms with Crippen molar-refractivity contribution in [2.24, 2.45) is 0 Å². The summed E-state index contributed by atoms with van der Waals surface area (Å²) in [4.78, 5) is 46.5. The third kappa shape index (κ3) is 4.48. The normalized spacial score (nSPS) is 20.7. The number of nitrogens with zero attached hydrogens (tertiary/aromatic N) is 4. The van der Waals surface area contributed by atoms with Gasteiger partial charge in [0.2, 0.25) is 0 Å². The smallest absolute Gasteiger partial charge is 0.371 e. The third-order valence-corrected chi connectivity index (χ3v) is 6.06. The number of hydrogen-bond acceptors (Lipinski definition) is 6. The summed E-state index contributed by atoms with van der Waals surface area (Å²) < 4.78 is 0. The molecule has 0 bridgehead atoms. The van der Waals surface area contributed by atoms with E-state index in [9.17, 15) is 14.4 Å². The average molecular weight is 421 g/mol. The molecule has 3 amide bonds. The summed E-state index contributed by atoms with van der Waals surface area (Å²) in [7, 11) is 0. The van der Waals surface area contributed by atoms with Gasteiger partial charge in [0.05, 0.1) is 0 Å². The molecule has 156 valence electrons. The Hall–Kier alpha value is -2.32. The molecule has 0 aliphatic carbocycles. The molecule has 3 aliphatic rings. The monoisotopic (exact) mass is 420 g/mol. The van der Waals surface area contributed by atoms with E-state index >= 15 is 0 Å². The Morgan fingerprint density at radius 2 is 1.62 bits per heavy atom. The highest BCUT2D eigenvalue weighted by Crippen LogP contribution is 2.27. The molecule has 1 aromatic rings. The first kappa shape index (κ1) is 20.0. The number of hydrogen-bond donors (Lipinski definition) is 0. The fourth-order valence-corrected chi connectivity index (χ4v) is 4.19. The van der Waals surface area contributed by atoms with Gasteiger partial charge < -0.3 is 14.6 Å². The van der Waals surface area contributed by atoms with Gasteiger partial charge in [-0.1, -0.05) is 17.7 Å². The highest BCUT2D eigenvalue weighted by Gasteiger charge is 2.34. The molecule has 8 nitrogen and oxygen atoms in total. The summed E-state index contributed by atoms with van der Waals surface area (Å²) in [6.07, 6.45) is 1.99. The third-order valence-electron chi connectivity index (χ3n) is 5.71. The van der Waals surface area contributed by atoms with Gasteiger partial charge in [-0.05, 0) is 30.5 Å². The second-order valence-corrected chi connectivity index (χ2v) is 8.08. The minimum atomic E-state index is -0.652. The molecule has 3 aliphatic heterocycles. The van der Waals surface area contributed by atoms with Crippen molar-refractivity contribution in [2.75, 3.05) is 44.2 Å². The van der Waals surface area contributed by atoms with Gasteiger partial charge in [-0.3, -0.25) is 14.5 Å². The minimum Gasteiger partial charge on any atom is -0.371 e. The van der Waals surface area contributed by atoms with Crippen LogP contribution in [-0.2, 0) is 21.0 Å². The van der Waals surface area contributed by atoms with Crippen LogP contribution in [0.4, 0.5) is 10.5 Å². The lowest BCUT2D eigenvalue weighted by molar-refractivity contribution is -0.174. The lowest BCUT2D eigenvalue weighted by Gasteiger charge is -2.34. The topological polar surface area (TPSA) is 73.4 Å². The standard InChI is InChI=1S/C20H25ClN4O4/c21-17-13-16(23-7-1-2-8-23)4-3-15(17)14-22-9-11-24(12-10-22)20(28)29-25-18(26)5-6-19(25)27/h3-4,13H,1-2,5-12,14H2. The molecule has 3 saturated heterocycles. The molecule has 0 aromatic heterocycles. The van der Waals surface area contributed by atoms with Crippen molar-refractivity contribution < 1.29 is 19.2 Å². The quantitative estimate of drug-likeness (QED) is 0.696. The molecule has 0 spiro atoms. The van der Waals surface area contributed by atoms with E-state index < -0.39 is 17.9 Å². The van der Waals surface area contributed by atoms with Crippen molar-refractivity contribution in [2.45, 2.75) is 32.2 Å². The second-order valence-electron chi connectivity index (χ2n) is 7.67. The van der Waals surface area contributed by atoms with Crippen molar-refractivity contribution in [3.8, 4) is 0 Å². The first-order chi connectivity index (χ1) is 14.0. The molecule has 0 atom stereocenters. The van der Waals surface area contributed by atoms with E-state index in [0.717, 1.165) is 23.7 Å². The lowest BCUT2D eigenvalue weighted by Crippen LogP contribution is -2.50. The molecule has 3 heterocycles. The summed E-state index contributed by atoms with van der Waals surface area (Å²) in [6, 6.07) is 6.26. The number of amides is 3. The van der Waals surface area contributed by atoms with Gasteiger partial charge in [-0.2, -0.15) is 0 Å².